The van der Waals surface area contributed by atoms with Crippen LogP contribution in [0.3, 0.4) is 0 Å². The Balaban J connectivity index is 0.00000280. The number of halogens is 1. The van der Waals surface area contributed by atoms with Crippen molar-refractivity contribution in [2.24, 2.45) is 4.99 Å². The van der Waals surface area contributed by atoms with Crippen LogP contribution in [-0.2, 0) is 16.7 Å². The quantitative estimate of drug-likeness (QED) is 0.330. The number of nitrogens with zero attached hydrogens (tertiary/aromatic N) is 1. The summed E-state index contributed by atoms with van der Waals surface area (Å²) in [5, 5.41) is 9.03. The van der Waals surface area contributed by atoms with E-state index in [0.29, 0.717) is 6.61 Å². The molecule has 0 atom stereocenters. The minimum absolute atomic E-state index is 0. The molecule has 0 radical (unpaired) electrons. The fourth-order valence-electron chi connectivity index (χ4n) is 3.46. The van der Waals surface area contributed by atoms with Gasteiger partial charge in [0.05, 0.1) is 13.2 Å². The summed E-state index contributed by atoms with van der Waals surface area (Å²) in [5.74, 6) is 1.75. The van der Waals surface area contributed by atoms with Crippen LogP contribution in [0.25, 0.3) is 0 Å². The molecule has 1 aliphatic rings. The van der Waals surface area contributed by atoms with E-state index in [1.54, 1.807) is 11.3 Å². The lowest BCUT2D eigenvalue weighted by molar-refractivity contribution is 0.0513. The van der Waals surface area contributed by atoms with Crippen LogP contribution < -0.4 is 15.4 Å². The number of nitrogens with one attached hydrogen (secondary N) is 2. The first-order chi connectivity index (χ1) is 13.3. The van der Waals surface area contributed by atoms with Gasteiger partial charge in [-0.3, -0.25) is 4.99 Å². The van der Waals surface area contributed by atoms with Gasteiger partial charge in [0.25, 0.3) is 0 Å². The number of aliphatic imine (C=N–C) groups is 1. The molecule has 0 saturated carbocycles. The van der Waals surface area contributed by atoms with E-state index in [9.17, 15) is 0 Å². The molecule has 154 valence electrons. The smallest absolute Gasteiger partial charge is 0.191 e. The fourth-order valence-corrected chi connectivity index (χ4v) is 4.10. The van der Waals surface area contributed by atoms with Crippen molar-refractivity contribution in [2.45, 2.75) is 31.7 Å². The normalized spacial score (nSPS) is 16.1. The van der Waals surface area contributed by atoms with E-state index in [1.807, 2.05) is 14.0 Å². The molecule has 1 aromatic carbocycles. The summed E-state index contributed by atoms with van der Waals surface area (Å²) >= 11 is 1.75. The summed E-state index contributed by atoms with van der Waals surface area (Å²) in [7, 11) is 1.82. The lowest BCUT2D eigenvalue weighted by Crippen LogP contribution is -2.47. The Morgan fingerprint density at radius 2 is 1.93 bits per heavy atom. The molecule has 0 bridgehead atoms. The van der Waals surface area contributed by atoms with Gasteiger partial charge in [-0.1, -0.05) is 18.2 Å². The van der Waals surface area contributed by atoms with Crippen molar-refractivity contribution in [2.75, 3.05) is 33.4 Å². The monoisotopic (exact) mass is 515 g/mol. The zero-order valence-corrected chi connectivity index (χ0v) is 19.7. The SMILES string of the molecule is CCOc1ccc(C2(CNC(=NC)NCc3cccs3)CCOCC2)cc1.I. The van der Waals surface area contributed by atoms with Crippen LogP contribution in [0.1, 0.15) is 30.2 Å². The molecule has 1 aromatic heterocycles. The van der Waals surface area contributed by atoms with Crippen LogP contribution in [0.2, 0.25) is 0 Å². The summed E-state index contributed by atoms with van der Waals surface area (Å²) in [4.78, 5) is 5.68. The van der Waals surface area contributed by atoms with Gasteiger partial charge in [-0.25, -0.2) is 0 Å². The summed E-state index contributed by atoms with van der Waals surface area (Å²) in [6.07, 6.45) is 1.99. The van der Waals surface area contributed by atoms with Crippen molar-refractivity contribution in [3.8, 4) is 5.75 Å². The number of guanidine groups is 1. The third-order valence-electron chi connectivity index (χ3n) is 5.06. The molecular weight excluding hydrogens is 485 g/mol. The van der Waals surface area contributed by atoms with Crippen LogP contribution in [0.4, 0.5) is 0 Å². The standard InChI is InChI=1S/C21H29N3O2S.HI/c1-3-26-18-8-6-17(7-9-18)21(10-12-25-13-11-21)16-24-20(22-2)23-15-19-5-4-14-27-19;/h4-9,14H,3,10-13,15-16H2,1-2H3,(H2,22,23,24);1H. The number of rotatable bonds is 7. The molecule has 2 heterocycles. The van der Waals surface area contributed by atoms with Crippen molar-refractivity contribution >= 4 is 41.3 Å². The van der Waals surface area contributed by atoms with Gasteiger partial charge in [-0.15, -0.1) is 35.3 Å². The minimum atomic E-state index is 0. The third kappa shape index (κ3) is 6.09. The highest BCUT2D eigenvalue weighted by Gasteiger charge is 2.34. The Morgan fingerprint density at radius 1 is 1.18 bits per heavy atom. The van der Waals surface area contributed by atoms with Gasteiger partial charge in [-0.2, -0.15) is 0 Å². The molecule has 1 saturated heterocycles. The molecule has 7 heteroatoms. The lowest BCUT2D eigenvalue weighted by Gasteiger charge is -2.38. The molecule has 2 aromatic rings. The zero-order chi connectivity index (χ0) is 19.0. The number of ether oxygens (including phenoxy) is 2. The van der Waals surface area contributed by atoms with E-state index in [1.165, 1.54) is 10.4 Å². The first-order valence-electron chi connectivity index (χ1n) is 9.54. The minimum Gasteiger partial charge on any atom is -0.494 e. The van der Waals surface area contributed by atoms with Gasteiger partial charge in [0.15, 0.2) is 5.96 Å². The van der Waals surface area contributed by atoms with Crippen molar-refractivity contribution < 1.29 is 9.47 Å². The van der Waals surface area contributed by atoms with Gasteiger partial charge in [0.1, 0.15) is 5.75 Å². The second-order valence-electron chi connectivity index (χ2n) is 6.71. The molecule has 1 aliphatic heterocycles. The molecule has 2 N–H and O–H groups in total. The van der Waals surface area contributed by atoms with Crippen molar-refractivity contribution in [1.29, 1.82) is 0 Å². The highest BCUT2D eigenvalue weighted by atomic mass is 127. The van der Waals surface area contributed by atoms with E-state index in [2.05, 4.69) is 57.4 Å². The maximum Gasteiger partial charge on any atom is 0.191 e. The zero-order valence-electron chi connectivity index (χ0n) is 16.6. The van der Waals surface area contributed by atoms with Gasteiger partial charge in [0, 0.05) is 37.1 Å². The predicted molar refractivity (Wildman–Crippen MR) is 127 cm³/mol. The first kappa shape index (κ1) is 23.0. The largest absolute Gasteiger partial charge is 0.494 e. The Labute approximate surface area is 189 Å². The van der Waals surface area contributed by atoms with Gasteiger partial charge in [0.2, 0.25) is 0 Å². The maximum absolute atomic E-state index is 5.64. The topological polar surface area (TPSA) is 54.9 Å². The summed E-state index contributed by atoms with van der Waals surface area (Å²) in [6, 6.07) is 12.7. The fraction of sp³-hybridized carbons (Fsp3) is 0.476. The van der Waals surface area contributed by atoms with Crippen LogP contribution in [-0.4, -0.2) is 39.4 Å². The van der Waals surface area contributed by atoms with Crippen molar-refractivity contribution in [3.63, 3.8) is 0 Å². The number of hydrogen-bond donors (Lipinski definition) is 2. The van der Waals surface area contributed by atoms with E-state index >= 15 is 0 Å². The molecule has 5 nitrogen and oxygen atoms in total. The predicted octanol–water partition coefficient (Wildman–Crippen LogP) is 4.18. The van der Waals surface area contributed by atoms with E-state index in [-0.39, 0.29) is 29.4 Å². The molecule has 28 heavy (non-hydrogen) atoms. The van der Waals surface area contributed by atoms with Crippen molar-refractivity contribution in [1.82, 2.24) is 10.6 Å². The molecule has 1 fully saturated rings. The highest BCUT2D eigenvalue weighted by Crippen LogP contribution is 2.35. The van der Waals surface area contributed by atoms with Crippen LogP contribution in [0.15, 0.2) is 46.8 Å². The Kier molecular flexibility index (Phi) is 9.53. The maximum atomic E-state index is 5.64. The molecule has 0 aliphatic carbocycles. The Bertz CT molecular complexity index is 714. The summed E-state index contributed by atoms with van der Waals surface area (Å²) in [5.41, 5.74) is 1.37. The summed E-state index contributed by atoms with van der Waals surface area (Å²) in [6.45, 7) is 5.88. The lowest BCUT2D eigenvalue weighted by atomic mass is 9.74. The van der Waals surface area contributed by atoms with Gasteiger partial charge in [-0.05, 0) is 48.9 Å². The second-order valence-corrected chi connectivity index (χ2v) is 7.74. The van der Waals surface area contributed by atoms with E-state index in [0.717, 1.165) is 50.9 Å². The van der Waals surface area contributed by atoms with Crippen LogP contribution in [0.5, 0.6) is 5.75 Å². The third-order valence-corrected chi connectivity index (χ3v) is 5.93. The Morgan fingerprint density at radius 3 is 2.54 bits per heavy atom. The molecular formula is C21H30IN3O2S. The number of benzene rings is 1. The molecule has 0 spiro atoms. The first-order valence-corrected chi connectivity index (χ1v) is 10.4. The van der Waals surface area contributed by atoms with E-state index < -0.39 is 0 Å². The average Bonchev–Trinajstić information content (AvgIpc) is 3.23. The average molecular weight is 515 g/mol. The molecule has 3 rings (SSSR count). The van der Waals surface area contributed by atoms with Gasteiger partial charge < -0.3 is 20.1 Å². The molecule has 0 unspecified atom stereocenters. The summed E-state index contributed by atoms with van der Waals surface area (Å²) < 4.78 is 11.2. The Hall–Kier alpha value is -1.32. The molecule has 0 amide bonds. The highest BCUT2D eigenvalue weighted by molar-refractivity contribution is 14.0. The second kappa shape index (κ2) is 11.6. The van der Waals surface area contributed by atoms with Crippen LogP contribution >= 0.6 is 35.3 Å². The van der Waals surface area contributed by atoms with Crippen LogP contribution in [0, 0.1) is 0 Å². The van der Waals surface area contributed by atoms with Crippen molar-refractivity contribution in [3.05, 3.63) is 52.2 Å². The van der Waals surface area contributed by atoms with Gasteiger partial charge >= 0.3 is 0 Å². The van der Waals surface area contributed by atoms with E-state index in [4.69, 9.17) is 9.47 Å². The number of hydrogen-bond acceptors (Lipinski definition) is 4. The number of thiophene rings is 1.